The third-order valence-electron chi connectivity index (χ3n) is 4.30. The van der Waals surface area contributed by atoms with Crippen LogP contribution in [0, 0.1) is 13.8 Å². The summed E-state index contributed by atoms with van der Waals surface area (Å²) in [5.41, 5.74) is 5.05. The molecule has 3 rings (SSSR count). The van der Waals surface area contributed by atoms with Crippen LogP contribution in [-0.4, -0.2) is 5.91 Å². The number of aryl methyl sites for hydroxylation is 2. The average molecular weight is 315 g/mol. The molecule has 1 N–H and O–H groups in total. The summed E-state index contributed by atoms with van der Waals surface area (Å²) in [5, 5.41) is 3.21. The zero-order valence-corrected chi connectivity index (χ0v) is 14.0. The second kappa shape index (κ2) is 7.14. The molecule has 0 radical (unpaired) electrons. The maximum absolute atomic E-state index is 12.8. The number of rotatable bonds is 4. The highest BCUT2D eigenvalue weighted by molar-refractivity contribution is 5.96. The van der Waals surface area contributed by atoms with Gasteiger partial charge >= 0.3 is 0 Å². The Hall–Kier alpha value is -2.87. The Labute approximate surface area is 143 Å². The maximum atomic E-state index is 12.8. The summed E-state index contributed by atoms with van der Waals surface area (Å²) in [6.45, 7) is 4.03. The molecule has 1 atom stereocenters. The van der Waals surface area contributed by atoms with E-state index in [1.165, 1.54) is 0 Å². The summed E-state index contributed by atoms with van der Waals surface area (Å²) in [5.74, 6) is -0.0507. The number of hydrogen-bond acceptors (Lipinski definition) is 1. The van der Waals surface area contributed by atoms with E-state index in [0.717, 1.165) is 22.3 Å². The molecule has 24 heavy (non-hydrogen) atoms. The van der Waals surface area contributed by atoms with Gasteiger partial charge in [-0.25, -0.2) is 0 Å². The summed E-state index contributed by atoms with van der Waals surface area (Å²) in [4.78, 5) is 12.8. The van der Waals surface area contributed by atoms with Crippen molar-refractivity contribution in [2.75, 3.05) is 0 Å². The molecule has 3 aromatic rings. The van der Waals surface area contributed by atoms with Crippen molar-refractivity contribution in [2.24, 2.45) is 0 Å². The highest BCUT2D eigenvalue weighted by Gasteiger charge is 2.19. The lowest BCUT2D eigenvalue weighted by Crippen LogP contribution is -2.30. The molecule has 0 bridgehead atoms. The van der Waals surface area contributed by atoms with Crippen LogP contribution < -0.4 is 5.32 Å². The van der Waals surface area contributed by atoms with Gasteiger partial charge in [-0.15, -0.1) is 0 Å². The Kier molecular flexibility index (Phi) is 4.76. The minimum absolute atomic E-state index is 0.0507. The van der Waals surface area contributed by atoms with Crippen molar-refractivity contribution in [3.05, 3.63) is 107 Å². The van der Waals surface area contributed by atoms with Gasteiger partial charge in [0.1, 0.15) is 0 Å². The van der Waals surface area contributed by atoms with E-state index in [2.05, 4.69) is 36.5 Å². The number of hydrogen-bond donors (Lipinski definition) is 1. The fourth-order valence-electron chi connectivity index (χ4n) is 2.93. The number of benzene rings is 3. The normalized spacial score (nSPS) is 11.8. The van der Waals surface area contributed by atoms with Crippen LogP contribution in [0.4, 0.5) is 0 Å². The average Bonchev–Trinajstić information content (AvgIpc) is 2.61. The van der Waals surface area contributed by atoms with E-state index >= 15 is 0 Å². The fraction of sp³-hybridized carbons (Fsp3) is 0.136. The van der Waals surface area contributed by atoms with Gasteiger partial charge < -0.3 is 5.32 Å². The highest BCUT2D eigenvalue weighted by atomic mass is 16.1. The molecule has 0 saturated heterocycles. The van der Waals surface area contributed by atoms with Crippen LogP contribution in [0.3, 0.4) is 0 Å². The molecule has 0 spiro atoms. The van der Waals surface area contributed by atoms with E-state index in [4.69, 9.17) is 0 Å². The van der Waals surface area contributed by atoms with Crippen molar-refractivity contribution in [3.8, 4) is 0 Å². The molecule has 1 amide bonds. The molecule has 120 valence electrons. The zero-order valence-electron chi connectivity index (χ0n) is 14.0. The van der Waals surface area contributed by atoms with Crippen LogP contribution in [0.25, 0.3) is 0 Å². The summed E-state index contributed by atoms with van der Waals surface area (Å²) < 4.78 is 0. The van der Waals surface area contributed by atoms with Crippen LogP contribution in [0.2, 0.25) is 0 Å². The van der Waals surface area contributed by atoms with E-state index < -0.39 is 0 Å². The molecule has 0 aliphatic heterocycles. The van der Waals surface area contributed by atoms with Gasteiger partial charge in [0, 0.05) is 5.56 Å². The van der Waals surface area contributed by atoms with Crippen LogP contribution in [0.15, 0.2) is 78.9 Å². The van der Waals surface area contributed by atoms with E-state index in [9.17, 15) is 4.79 Å². The molecule has 1 unspecified atom stereocenters. The standard InChI is InChI=1S/C22H21NO/c1-16-10-6-8-14-19(16)21(18-12-4-3-5-13-18)23-22(24)20-15-9-7-11-17(20)2/h3-15,21H,1-2H3,(H,23,24). The van der Waals surface area contributed by atoms with E-state index in [1.54, 1.807) is 0 Å². The SMILES string of the molecule is Cc1ccccc1C(=O)NC(c1ccccc1)c1ccccc1C. The lowest BCUT2D eigenvalue weighted by Gasteiger charge is -2.22. The van der Waals surface area contributed by atoms with Crippen molar-refractivity contribution in [1.29, 1.82) is 0 Å². The molecule has 2 heteroatoms. The van der Waals surface area contributed by atoms with Gasteiger partial charge in [0.05, 0.1) is 6.04 Å². The summed E-state index contributed by atoms with van der Waals surface area (Å²) in [6, 6.07) is 25.8. The first-order valence-corrected chi connectivity index (χ1v) is 8.14. The van der Waals surface area contributed by atoms with Crippen molar-refractivity contribution in [2.45, 2.75) is 19.9 Å². The quantitative estimate of drug-likeness (QED) is 0.734. The summed E-state index contributed by atoms with van der Waals surface area (Å²) >= 11 is 0. The Morgan fingerprint density at radius 2 is 1.33 bits per heavy atom. The molecule has 0 aliphatic carbocycles. The lowest BCUT2D eigenvalue weighted by molar-refractivity contribution is 0.0942. The summed E-state index contributed by atoms with van der Waals surface area (Å²) in [7, 11) is 0. The van der Waals surface area contributed by atoms with Gasteiger partial charge in [-0.05, 0) is 42.2 Å². The second-order valence-corrected chi connectivity index (χ2v) is 5.99. The molecular formula is C22H21NO. The van der Waals surface area contributed by atoms with Gasteiger partial charge in [0.15, 0.2) is 0 Å². The molecule has 0 heterocycles. The molecule has 0 fully saturated rings. The first-order chi connectivity index (χ1) is 11.7. The van der Waals surface area contributed by atoms with Crippen LogP contribution in [-0.2, 0) is 0 Å². The van der Waals surface area contributed by atoms with Crippen LogP contribution in [0.1, 0.15) is 38.7 Å². The van der Waals surface area contributed by atoms with Gasteiger partial charge in [0.2, 0.25) is 0 Å². The van der Waals surface area contributed by atoms with Gasteiger partial charge in [0.25, 0.3) is 5.91 Å². The third-order valence-corrected chi connectivity index (χ3v) is 4.30. The Morgan fingerprint density at radius 3 is 2.00 bits per heavy atom. The second-order valence-electron chi connectivity index (χ2n) is 5.99. The topological polar surface area (TPSA) is 29.1 Å². The highest BCUT2D eigenvalue weighted by Crippen LogP contribution is 2.25. The fourth-order valence-corrected chi connectivity index (χ4v) is 2.93. The molecule has 0 aliphatic rings. The Balaban J connectivity index is 1.99. The van der Waals surface area contributed by atoms with Crippen LogP contribution >= 0.6 is 0 Å². The van der Waals surface area contributed by atoms with E-state index in [-0.39, 0.29) is 11.9 Å². The zero-order chi connectivity index (χ0) is 16.9. The van der Waals surface area contributed by atoms with Crippen molar-refractivity contribution >= 4 is 5.91 Å². The molecule has 0 saturated carbocycles. The predicted molar refractivity (Wildman–Crippen MR) is 98.1 cm³/mol. The van der Waals surface area contributed by atoms with Gasteiger partial charge in [-0.3, -0.25) is 4.79 Å². The summed E-state index contributed by atoms with van der Waals surface area (Å²) in [6.07, 6.45) is 0. The minimum Gasteiger partial charge on any atom is -0.341 e. The number of carbonyl (C=O) groups excluding carboxylic acids is 1. The van der Waals surface area contributed by atoms with Crippen LogP contribution in [0.5, 0.6) is 0 Å². The van der Waals surface area contributed by atoms with E-state index in [0.29, 0.717) is 5.56 Å². The third kappa shape index (κ3) is 3.38. The monoisotopic (exact) mass is 315 g/mol. The smallest absolute Gasteiger partial charge is 0.252 e. The lowest BCUT2D eigenvalue weighted by atomic mass is 9.94. The first kappa shape index (κ1) is 16.0. The molecule has 2 nitrogen and oxygen atoms in total. The largest absolute Gasteiger partial charge is 0.341 e. The minimum atomic E-state index is -0.167. The predicted octanol–water partition coefficient (Wildman–Crippen LogP) is 4.82. The van der Waals surface area contributed by atoms with Gasteiger partial charge in [-0.2, -0.15) is 0 Å². The van der Waals surface area contributed by atoms with E-state index in [1.807, 2.05) is 61.5 Å². The molecular weight excluding hydrogens is 294 g/mol. The van der Waals surface area contributed by atoms with Gasteiger partial charge in [-0.1, -0.05) is 72.8 Å². The molecule has 3 aromatic carbocycles. The maximum Gasteiger partial charge on any atom is 0.252 e. The Morgan fingerprint density at radius 1 is 0.750 bits per heavy atom. The first-order valence-electron chi connectivity index (χ1n) is 8.14. The number of nitrogens with one attached hydrogen (secondary N) is 1. The van der Waals surface area contributed by atoms with Crippen molar-refractivity contribution in [1.82, 2.24) is 5.32 Å². The van der Waals surface area contributed by atoms with Crippen molar-refractivity contribution < 1.29 is 4.79 Å². The van der Waals surface area contributed by atoms with Crippen molar-refractivity contribution in [3.63, 3.8) is 0 Å². The number of amides is 1. The number of carbonyl (C=O) groups is 1. The Bertz CT molecular complexity index is 839. The molecule has 0 aromatic heterocycles.